The fraction of sp³-hybridized carbons (Fsp3) is 0.155. The van der Waals surface area contributed by atoms with Crippen molar-refractivity contribution >= 4 is 62.4 Å². The highest BCUT2D eigenvalue weighted by Crippen LogP contribution is 2.48. The van der Waals surface area contributed by atoms with Crippen molar-refractivity contribution in [3.05, 3.63) is 181 Å². The number of hydrogen-bond donors (Lipinski definition) is 1. The van der Waals surface area contributed by atoms with Crippen LogP contribution < -0.4 is 16.2 Å². The third-order valence-corrected chi connectivity index (χ3v) is 14.2. The molecular weight excluding hydrogens is 763 g/mol. The zero-order chi connectivity index (χ0) is 42.6. The van der Waals surface area contributed by atoms with Gasteiger partial charge in [-0.2, -0.15) is 0 Å². The van der Waals surface area contributed by atoms with E-state index >= 15 is 0 Å². The molecule has 0 bridgehead atoms. The normalized spacial score (nSPS) is 14.7. The zero-order valence-corrected chi connectivity index (χ0v) is 36.5. The van der Waals surface area contributed by atoms with Crippen LogP contribution in [0.15, 0.2) is 170 Å². The summed E-state index contributed by atoms with van der Waals surface area (Å²) in [5.74, 6) is 0.960. The first-order valence-electron chi connectivity index (χ1n) is 22.3. The van der Waals surface area contributed by atoms with Gasteiger partial charge in [-0.25, -0.2) is 4.98 Å². The summed E-state index contributed by atoms with van der Waals surface area (Å²) in [6.45, 7) is 9.60. The fourth-order valence-corrected chi connectivity index (χ4v) is 10.7. The van der Waals surface area contributed by atoms with Gasteiger partial charge in [0.15, 0.2) is 7.28 Å². The first-order chi connectivity index (χ1) is 30.6. The lowest BCUT2D eigenvalue weighted by molar-refractivity contribution is 0.332. The monoisotopic (exact) mass is 811 g/mol. The predicted molar refractivity (Wildman–Crippen MR) is 267 cm³/mol. The zero-order valence-electron chi connectivity index (χ0n) is 36.5. The van der Waals surface area contributed by atoms with Crippen molar-refractivity contribution < 1.29 is 0 Å². The Morgan fingerprint density at radius 3 is 1.97 bits per heavy atom. The summed E-state index contributed by atoms with van der Waals surface area (Å²) in [5.41, 5.74) is 21.7. The smallest absolute Gasteiger partial charge is 0.198 e. The lowest BCUT2D eigenvalue weighted by Crippen LogP contribution is -2.37. The number of aromatic nitrogens is 3. The minimum absolute atomic E-state index is 0.110. The highest BCUT2D eigenvalue weighted by Gasteiger charge is 2.37. The Kier molecular flexibility index (Phi) is 8.34. The molecule has 0 fully saturated rings. The van der Waals surface area contributed by atoms with Crippen molar-refractivity contribution in [2.45, 2.75) is 51.4 Å². The lowest BCUT2D eigenvalue weighted by atomic mass is 9.58. The number of anilines is 2. The van der Waals surface area contributed by atoms with E-state index in [4.69, 9.17) is 4.98 Å². The van der Waals surface area contributed by atoms with Gasteiger partial charge < -0.3 is 14.5 Å². The third-order valence-electron chi connectivity index (χ3n) is 14.2. The average Bonchev–Trinajstić information content (AvgIpc) is 3.83. The maximum atomic E-state index is 5.26. The quantitative estimate of drug-likeness (QED) is 0.170. The Morgan fingerprint density at radius 1 is 0.556 bits per heavy atom. The highest BCUT2D eigenvalue weighted by atomic mass is 15.1. The molecule has 2 aromatic heterocycles. The van der Waals surface area contributed by atoms with E-state index in [1.807, 2.05) is 0 Å². The highest BCUT2D eigenvalue weighted by molar-refractivity contribution is 6.74. The van der Waals surface area contributed by atoms with Gasteiger partial charge in [-0.05, 0) is 117 Å². The molecule has 3 heterocycles. The van der Waals surface area contributed by atoms with E-state index in [2.05, 4.69) is 226 Å². The molecule has 0 saturated heterocycles. The van der Waals surface area contributed by atoms with Gasteiger partial charge in [0.1, 0.15) is 5.82 Å². The van der Waals surface area contributed by atoms with Gasteiger partial charge >= 0.3 is 0 Å². The molecule has 1 aliphatic heterocycles. The average molecular weight is 812 g/mol. The molecule has 1 radical (unpaired) electrons. The number of imidazole rings is 1. The molecule has 0 amide bonds. The molecular formula is C58H48BN4. The number of benzene rings is 8. The van der Waals surface area contributed by atoms with Crippen LogP contribution in [-0.4, -0.2) is 21.4 Å². The van der Waals surface area contributed by atoms with Crippen LogP contribution >= 0.6 is 0 Å². The minimum Gasteiger partial charge on any atom is -0.355 e. The van der Waals surface area contributed by atoms with Gasteiger partial charge in [0.2, 0.25) is 0 Å². The maximum absolute atomic E-state index is 5.26. The van der Waals surface area contributed by atoms with Gasteiger partial charge in [0.25, 0.3) is 0 Å². The van der Waals surface area contributed by atoms with Crippen LogP contribution in [0.1, 0.15) is 51.7 Å². The van der Waals surface area contributed by atoms with Gasteiger partial charge in [0, 0.05) is 51.5 Å². The second-order valence-corrected chi connectivity index (χ2v) is 19.0. The molecule has 303 valence electrons. The van der Waals surface area contributed by atoms with E-state index in [0.29, 0.717) is 0 Å². The number of hydrogen-bond acceptors (Lipinski definition) is 2. The van der Waals surface area contributed by atoms with Crippen LogP contribution in [-0.2, 0) is 17.9 Å². The third kappa shape index (κ3) is 5.93. The summed E-state index contributed by atoms with van der Waals surface area (Å²) in [4.78, 5) is 5.26. The summed E-state index contributed by atoms with van der Waals surface area (Å²) in [5, 5.41) is 6.46. The largest absolute Gasteiger partial charge is 0.355 e. The minimum atomic E-state index is 0.110. The molecule has 10 aromatic rings. The van der Waals surface area contributed by atoms with Crippen molar-refractivity contribution in [1.82, 2.24) is 14.1 Å². The molecule has 5 heteroatoms. The summed E-state index contributed by atoms with van der Waals surface area (Å²) in [6.07, 6.45) is 2.37. The number of aryl methyl sites for hydroxylation is 1. The van der Waals surface area contributed by atoms with Crippen LogP contribution in [0.4, 0.5) is 11.4 Å². The first kappa shape index (κ1) is 37.6. The SMILES string of the molecule is Cn1c(-c2ccccc2)nc2cc3c(cc21)-n1c2ccc(-c4ccccc4)cc2c2c(-c4ccccc4)cc(-c4ccccc4Nc4ccc5c(c4)C(C)(C)CCC5(C)C)c(c21)[B]3. The molecule has 1 N–H and O–H groups in total. The van der Waals surface area contributed by atoms with Crippen molar-refractivity contribution in [3.63, 3.8) is 0 Å². The summed E-state index contributed by atoms with van der Waals surface area (Å²) >= 11 is 0. The van der Waals surface area contributed by atoms with Crippen LogP contribution in [0, 0.1) is 0 Å². The van der Waals surface area contributed by atoms with Crippen molar-refractivity contribution in [2.75, 3.05) is 5.32 Å². The first-order valence-corrected chi connectivity index (χ1v) is 22.3. The van der Waals surface area contributed by atoms with E-state index < -0.39 is 0 Å². The van der Waals surface area contributed by atoms with Crippen LogP contribution in [0.2, 0.25) is 0 Å². The van der Waals surface area contributed by atoms with Crippen molar-refractivity contribution in [1.29, 1.82) is 0 Å². The Hall–Kier alpha value is -7.11. The molecule has 0 spiro atoms. The topological polar surface area (TPSA) is 34.8 Å². The summed E-state index contributed by atoms with van der Waals surface area (Å²) < 4.78 is 4.78. The van der Waals surface area contributed by atoms with Crippen LogP contribution in [0.25, 0.3) is 83.3 Å². The van der Waals surface area contributed by atoms with E-state index in [1.165, 1.54) is 79.1 Å². The standard InChI is InChI=1S/C58H48BN4/c1-57(2)29-30-58(3,4)46-32-40(26-27-45(46)57)60-48-24-16-15-23-41(48)43-33-42(37-19-11-7-12-20-37)53-44-31-39(36-17-9-6-10-18-36)25-28-50(44)63-51-35-52-49(34-47(51)59-54(43)55(53)63)61-56(62(52)5)38-21-13-8-14-22-38/h6-28,31-35,60H,29-30H2,1-5H3. The van der Waals surface area contributed by atoms with E-state index in [1.54, 1.807) is 0 Å². The Labute approximate surface area is 370 Å². The molecule has 12 rings (SSSR count). The van der Waals surface area contributed by atoms with Gasteiger partial charge in [-0.15, -0.1) is 0 Å². The van der Waals surface area contributed by atoms with E-state index in [-0.39, 0.29) is 10.8 Å². The van der Waals surface area contributed by atoms with Crippen LogP contribution in [0.3, 0.4) is 0 Å². The molecule has 63 heavy (non-hydrogen) atoms. The van der Waals surface area contributed by atoms with Gasteiger partial charge in [-0.1, -0.05) is 154 Å². The Balaban J connectivity index is 1.13. The molecule has 0 unspecified atom stereocenters. The summed E-state index contributed by atoms with van der Waals surface area (Å²) in [6, 6.07) is 62.3. The number of nitrogens with zero attached hydrogens (tertiary/aromatic N) is 3. The molecule has 0 saturated carbocycles. The Morgan fingerprint density at radius 2 is 1.22 bits per heavy atom. The van der Waals surface area contributed by atoms with E-state index in [9.17, 15) is 0 Å². The molecule has 4 nitrogen and oxygen atoms in total. The van der Waals surface area contributed by atoms with Crippen molar-refractivity contribution in [2.24, 2.45) is 7.05 Å². The lowest BCUT2D eigenvalue weighted by Gasteiger charge is -2.42. The fourth-order valence-electron chi connectivity index (χ4n) is 10.7. The second kappa shape index (κ2) is 14.0. The molecule has 8 aromatic carbocycles. The number of para-hydroxylation sites is 1. The second-order valence-electron chi connectivity index (χ2n) is 19.0. The number of rotatable bonds is 6. The van der Waals surface area contributed by atoms with Crippen LogP contribution in [0.5, 0.6) is 0 Å². The maximum Gasteiger partial charge on any atom is 0.198 e. The van der Waals surface area contributed by atoms with Gasteiger partial charge in [0.05, 0.1) is 16.6 Å². The molecule has 2 aliphatic rings. The predicted octanol–water partition coefficient (Wildman–Crippen LogP) is 13.4. The van der Waals surface area contributed by atoms with Gasteiger partial charge in [-0.3, -0.25) is 0 Å². The molecule has 0 atom stereocenters. The number of nitrogens with one attached hydrogen (secondary N) is 1. The summed E-state index contributed by atoms with van der Waals surface area (Å²) in [7, 11) is 4.56. The van der Waals surface area contributed by atoms with Crippen molar-refractivity contribution in [3.8, 4) is 50.5 Å². The Bertz CT molecular complexity index is 3450. The van der Waals surface area contributed by atoms with E-state index in [0.717, 1.165) is 50.5 Å². The number of fused-ring (bicyclic) bond motifs is 7. The molecule has 1 aliphatic carbocycles.